The van der Waals surface area contributed by atoms with Crippen molar-refractivity contribution >= 4 is 53.4 Å². The fourth-order valence-electron chi connectivity index (χ4n) is 6.35. The van der Waals surface area contributed by atoms with Crippen LogP contribution in [0.3, 0.4) is 0 Å². The van der Waals surface area contributed by atoms with E-state index in [4.69, 9.17) is 22.1 Å². The van der Waals surface area contributed by atoms with E-state index in [1.165, 1.54) is 0 Å². The van der Waals surface area contributed by atoms with Crippen LogP contribution in [0.5, 0.6) is 0 Å². The SMILES string of the molecule is [2H]c1c(-c2ccccc2)c([2H])c2c(oc3c([2H])c(-c4nc(-c5ccc(-c6ccccc6)cc5)nc(-c5cccc6c5sc5ccccc56)n4)c([2H])c([2H])c32)c1[2H]. The van der Waals surface area contributed by atoms with Gasteiger partial charge in [-0.25, -0.2) is 15.0 Å². The van der Waals surface area contributed by atoms with Gasteiger partial charge in [-0.2, -0.15) is 0 Å². The Morgan fingerprint density at radius 2 is 1.04 bits per heavy atom. The van der Waals surface area contributed by atoms with Crippen LogP contribution in [0, 0.1) is 0 Å². The summed E-state index contributed by atoms with van der Waals surface area (Å²) >= 11 is 1.63. The van der Waals surface area contributed by atoms with Gasteiger partial charge in [0.15, 0.2) is 17.5 Å². The van der Waals surface area contributed by atoms with Crippen molar-refractivity contribution in [2.24, 2.45) is 0 Å². The van der Waals surface area contributed by atoms with Gasteiger partial charge in [-0.1, -0.05) is 127 Å². The van der Waals surface area contributed by atoms with Gasteiger partial charge in [0, 0.05) is 47.6 Å². The lowest BCUT2D eigenvalue weighted by molar-refractivity contribution is 0.669. The van der Waals surface area contributed by atoms with E-state index >= 15 is 0 Å². The largest absolute Gasteiger partial charge is 0.456 e. The van der Waals surface area contributed by atoms with E-state index < -0.39 is 0 Å². The molecule has 5 heteroatoms. The lowest BCUT2D eigenvalue weighted by Gasteiger charge is -2.10. The molecule has 10 rings (SSSR count). The first-order valence-electron chi connectivity index (χ1n) is 19.1. The molecule has 10 aromatic rings. The third-order valence-electron chi connectivity index (χ3n) is 8.83. The van der Waals surface area contributed by atoms with E-state index in [1.807, 2.05) is 84.9 Å². The van der Waals surface area contributed by atoms with Crippen LogP contribution in [-0.2, 0) is 0 Å². The molecule has 0 unspecified atom stereocenters. The molecule has 7 aromatic carbocycles. The normalized spacial score (nSPS) is 13.3. The zero-order valence-corrected chi connectivity index (χ0v) is 27.1. The van der Waals surface area contributed by atoms with E-state index in [1.54, 1.807) is 35.6 Å². The Morgan fingerprint density at radius 3 is 1.84 bits per heavy atom. The maximum Gasteiger partial charge on any atom is 0.165 e. The van der Waals surface area contributed by atoms with Gasteiger partial charge in [0.25, 0.3) is 0 Å². The summed E-state index contributed by atoms with van der Waals surface area (Å²) in [5.74, 6) is 0.688. The highest BCUT2D eigenvalue weighted by Gasteiger charge is 2.18. The Balaban J connectivity index is 1.23. The minimum Gasteiger partial charge on any atom is -0.456 e. The van der Waals surface area contributed by atoms with Crippen molar-refractivity contribution in [3.63, 3.8) is 0 Å². The number of hydrogen-bond donors (Lipinski definition) is 0. The van der Waals surface area contributed by atoms with Crippen LogP contribution in [0.1, 0.15) is 8.22 Å². The molecule has 0 N–H and O–H groups in total. The Hall–Kier alpha value is -6.43. The van der Waals surface area contributed by atoms with Gasteiger partial charge in [-0.15, -0.1) is 11.3 Å². The zero-order chi connectivity index (χ0) is 38.2. The Labute approximate surface area is 300 Å². The van der Waals surface area contributed by atoms with Crippen molar-refractivity contribution in [3.05, 3.63) is 164 Å². The third-order valence-corrected chi connectivity index (χ3v) is 10.0. The lowest BCUT2D eigenvalue weighted by Crippen LogP contribution is -2.00. The van der Waals surface area contributed by atoms with Crippen LogP contribution in [0.25, 0.3) is 98.5 Å². The molecule has 0 aliphatic carbocycles. The number of hydrogen-bond acceptors (Lipinski definition) is 5. The summed E-state index contributed by atoms with van der Waals surface area (Å²) in [6, 6.07) is 39.5. The first kappa shape index (κ1) is 23.0. The fraction of sp³-hybridized carbons (Fsp3) is 0. The molecule has 4 nitrogen and oxygen atoms in total. The smallest absolute Gasteiger partial charge is 0.165 e. The lowest BCUT2D eigenvalue weighted by atomic mass is 10.0. The molecule has 50 heavy (non-hydrogen) atoms. The highest BCUT2D eigenvalue weighted by Crippen LogP contribution is 2.40. The van der Waals surface area contributed by atoms with Crippen LogP contribution in [0.15, 0.2) is 168 Å². The van der Waals surface area contributed by atoms with E-state index in [2.05, 4.69) is 18.2 Å². The quantitative estimate of drug-likeness (QED) is 0.184. The average Bonchev–Trinajstić information content (AvgIpc) is 3.83. The molecule has 3 aromatic heterocycles. The zero-order valence-electron chi connectivity index (χ0n) is 32.3. The molecule has 0 spiro atoms. The summed E-state index contributed by atoms with van der Waals surface area (Å²) in [6.07, 6.45) is 0. The van der Waals surface area contributed by atoms with E-state index in [0.29, 0.717) is 22.8 Å². The van der Waals surface area contributed by atoms with Gasteiger partial charge in [0.2, 0.25) is 0 Å². The third kappa shape index (κ3) is 4.87. The van der Waals surface area contributed by atoms with Crippen molar-refractivity contribution in [1.82, 2.24) is 15.0 Å². The first-order chi connectivity index (χ1) is 27.3. The Morgan fingerprint density at radius 1 is 0.420 bits per heavy atom. The minimum absolute atomic E-state index is 0.0180. The van der Waals surface area contributed by atoms with Gasteiger partial charge in [0.1, 0.15) is 11.2 Å². The number of rotatable bonds is 5. The number of thiophene rings is 1. The molecule has 0 radical (unpaired) electrons. The Kier molecular flexibility index (Phi) is 5.35. The van der Waals surface area contributed by atoms with Gasteiger partial charge < -0.3 is 4.42 Å². The predicted octanol–water partition coefficient (Wildman–Crippen LogP) is 12.5. The molecule has 3 heterocycles. The standard InChI is InChI=1S/C45H27N3OS/c1-3-10-28(11-4-1)30-18-20-31(21-19-30)43-46-44(48-45(47-43)37-16-9-15-36-35-14-7-8-17-41(35)50-42(36)37)33-22-24-34-38-26-32(29-12-5-2-6-13-29)23-25-39(38)49-40(34)27-33/h1-27H/i22D,23D,24D,25D,26D,27D. The van der Waals surface area contributed by atoms with Crippen molar-refractivity contribution in [1.29, 1.82) is 0 Å². The second-order valence-corrected chi connectivity index (χ2v) is 13.0. The predicted molar refractivity (Wildman–Crippen MR) is 207 cm³/mol. The highest BCUT2D eigenvalue weighted by molar-refractivity contribution is 7.26. The monoisotopic (exact) mass is 663 g/mol. The molecule has 0 saturated carbocycles. The summed E-state index contributed by atoms with van der Waals surface area (Å²) in [6.45, 7) is 0. The van der Waals surface area contributed by atoms with Crippen LogP contribution in [0.4, 0.5) is 0 Å². The fourth-order valence-corrected chi connectivity index (χ4v) is 7.57. The molecule has 0 saturated heterocycles. The van der Waals surface area contributed by atoms with Crippen molar-refractivity contribution < 1.29 is 12.6 Å². The first-order valence-corrected chi connectivity index (χ1v) is 16.9. The molecule has 234 valence electrons. The highest BCUT2D eigenvalue weighted by atomic mass is 32.1. The molecular formula is C45H27N3OS. The molecule has 0 amide bonds. The van der Waals surface area contributed by atoms with Crippen molar-refractivity contribution in [3.8, 4) is 56.4 Å². The van der Waals surface area contributed by atoms with Gasteiger partial charge in [0.05, 0.1) is 8.22 Å². The molecule has 0 atom stereocenters. The van der Waals surface area contributed by atoms with Crippen LogP contribution < -0.4 is 0 Å². The molecular weight excluding hydrogens is 631 g/mol. The van der Waals surface area contributed by atoms with E-state index in [9.17, 15) is 5.48 Å². The number of aromatic nitrogens is 3. The number of furan rings is 1. The van der Waals surface area contributed by atoms with Crippen LogP contribution in [0.2, 0.25) is 0 Å². The molecule has 0 aliphatic heterocycles. The van der Waals surface area contributed by atoms with Crippen molar-refractivity contribution in [2.45, 2.75) is 0 Å². The number of nitrogens with zero attached hydrogens (tertiary/aromatic N) is 3. The topological polar surface area (TPSA) is 51.8 Å². The number of fused-ring (bicyclic) bond motifs is 6. The van der Waals surface area contributed by atoms with E-state index in [-0.39, 0.29) is 75.1 Å². The Bertz CT molecular complexity index is 3200. The maximum absolute atomic E-state index is 9.47. The van der Waals surface area contributed by atoms with Gasteiger partial charge >= 0.3 is 0 Å². The second kappa shape index (κ2) is 11.6. The molecule has 0 aliphatic rings. The number of benzene rings is 7. The minimum atomic E-state index is -0.324. The maximum atomic E-state index is 9.47. The average molecular weight is 664 g/mol. The molecule has 0 fully saturated rings. The van der Waals surface area contributed by atoms with Crippen LogP contribution in [-0.4, -0.2) is 15.0 Å². The van der Waals surface area contributed by atoms with Crippen LogP contribution >= 0.6 is 11.3 Å². The summed E-state index contributed by atoms with van der Waals surface area (Å²) in [4.78, 5) is 14.8. The molecule has 0 bridgehead atoms. The summed E-state index contributed by atoms with van der Waals surface area (Å²) < 4.78 is 63.2. The summed E-state index contributed by atoms with van der Waals surface area (Å²) in [7, 11) is 0. The van der Waals surface area contributed by atoms with Gasteiger partial charge in [-0.05, 0) is 58.6 Å². The van der Waals surface area contributed by atoms with Crippen molar-refractivity contribution in [2.75, 3.05) is 0 Å². The van der Waals surface area contributed by atoms with Gasteiger partial charge in [-0.3, -0.25) is 0 Å². The van der Waals surface area contributed by atoms with E-state index in [0.717, 1.165) is 36.9 Å². The second-order valence-electron chi connectivity index (χ2n) is 11.9. The summed E-state index contributed by atoms with van der Waals surface area (Å²) in [5, 5.41) is 2.35. The summed E-state index contributed by atoms with van der Waals surface area (Å²) in [5.41, 5.74) is 4.12.